The average molecular weight is 289 g/mol. The summed E-state index contributed by atoms with van der Waals surface area (Å²) in [6, 6.07) is 2.89. The van der Waals surface area contributed by atoms with E-state index in [1.165, 1.54) is 19.1 Å². The molecule has 0 radical (unpaired) electrons. The molecule has 0 heterocycles. The first-order valence-corrected chi connectivity index (χ1v) is 5.70. The fraction of sp³-hybridized carbons (Fsp3) is 0.333. The largest absolute Gasteiger partial charge is 0.416 e. The number of primary amides is 1. The molecule has 0 aliphatic carbocycles. The molecule has 5 nitrogen and oxygen atoms in total. The van der Waals surface area contributed by atoms with Gasteiger partial charge in [0, 0.05) is 6.54 Å². The van der Waals surface area contributed by atoms with Gasteiger partial charge in [0.15, 0.2) is 0 Å². The predicted molar refractivity (Wildman–Crippen MR) is 65.5 cm³/mol. The molecule has 1 rings (SSSR count). The number of benzene rings is 1. The molecule has 0 spiro atoms. The topological polar surface area (TPSA) is 84.2 Å². The Labute approximate surface area is 113 Å². The van der Waals surface area contributed by atoms with E-state index in [9.17, 15) is 22.8 Å². The molecule has 0 fully saturated rings. The van der Waals surface area contributed by atoms with Crippen molar-refractivity contribution < 1.29 is 22.8 Å². The normalized spacial score (nSPS) is 12.8. The molecule has 0 aliphatic heterocycles. The van der Waals surface area contributed by atoms with Crippen molar-refractivity contribution in [2.75, 3.05) is 0 Å². The number of carbonyl (C=O) groups is 2. The molecule has 8 heteroatoms. The van der Waals surface area contributed by atoms with Gasteiger partial charge in [-0.3, -0.25) is 10.1 Å². The van der Waals surface area contributed by atoms with Crippen molar-refractivity contribution in [3.05, 3.63) is 35.4 Å². The van der Waals surface area contributed by atoms with E-state index in [-0.39, 0.29) is 6.54 Å². The molecule has 1 aromatic rings. The summed E-state index contributed by atoms with van der Waals surface area (Å²) in [5.74, 6) is -0.607. The number of nitrogens with one attached hydrogen (secondary N) is 2. The van der Waals surface area contributed by atoms with E-state index >= 15 is 0 Å². The van der Waals surface area contributed by atoms with Crippen LogP contribution in [-0.4, -0.2) is 18.0 Å². The van der Waals surface area contributed by atoms with Gasteiger partial charge in [-0.15, -0.1) is 0 Å². The van der Waals surface area contributed by atoms with Crippen molar-refractivity contribution in [3.8, 4) is 0 Å². The highest BCUT2D eigenvalue weighted by atomic mass is 19.4. The van der Waals surface area contributed by atoms with Crippen LogP contribution in [0.3, 0.4) is 0 Å². The van der Waals surface area contributed by atoms with Crippen LogP contribution in [-0.2, 0) is 17.5 Å². The van der Waals surface area contributed by atoms with E-state index in [0.717, 1.165) is 12.1 Å². The van der Waals surface area contributed by atoms with Crippen LogP contribution in [0.15, 0.2) is 24.3 Å². The van der Waals surface area contributed by atoms with E-state index in [0.29, 0.717) is 5.56 Å². The summed E-state index contributed by atoms with van der Waals surface area (Å²) in [5.41, 5.74) is 4.64. The van der Waals surface area contributed by atoms with Crippen LogP contribution in [0.2, 0.25) is 0 Å². The summed E-state index contributed by atoms with van der Waals surface area (Å²) in [4.78, 5) is 21.8. The van der Waals surface area contributed by atoms with E-state index in [1.807, 2.05) is 5.32 Å². The van der Waals surface area contributed by atoms with Crippen LogP contribution in [0.4, 0.5) is 18.0 Å². The van der Waals surface area contributed by atoms with Gasteiger partial charge >= 0.3 is 12.2 Å². The smallest absolute Gasteiger partial charge is 0.351 e. The molecule has 0 aliphatic rings. The van der Waals surface area contributed by atoms with Gasteiger partial charge in [-0.05, 0) is 24.6 Å². The Morgan fingerprint density at radius 3 is 2.25 bits per heavy atom. The Kier molecular flexibility index (Phi) is 5.09. The maximum atomic E-state index is 12.3. The van der Waals surface area contributed by atoms with E-state index in [2.05, 4.69) is 5.32 Å². The number of urea groups is 1. The molecule has 110 valence electrons. The minimum absolute atomic E-state index is 0.186. The quantitative estimate of drug-likeness (QED) is 0.783. The number of alkyl halides is 3. The summed E-state index contributed by atoms with van der Waals surface area (Å²) in [5, 5.41) is 4.66. The zero-order valence-electron chi connectivity index (χ0n) is 10.6. The minimum atomic E-state index is -4.37. The highest BCUT2D eigenvalue weighted by molar-refractivity contribution is 5.96. The summed E-state index contributed by atoms with van der Waals surface area (Å²) < 4.78 is 37.0. The van der Waals surface area contributed by atoms with Gasteiger partial charge in [0.25, 0.3) is 0 Å². The molecule has 0 saturated heterocycles. The van der Waals surface area contributed by atoms with Gasteiger partial charge in [0.05, 0.1) is 11.6 Å². The van der Waals surface area contributed by atoms with Crippen molar-refractivity contribution in [1.29, 1.82) is 0 Å². The molecule has 0 saturated carbocycles. The van der Waals surface area contributed by atoms with Crippen LogP contribution < -0.4 is 16.4 Å². The first-order chi connectivity index (χ1) is 9.20. The van der Waals surface area contributed by atoms with Crippen LogP contribution >= 0.6 is 0 Å². The molecule has 1 atom stereocenters. The maximum Gasteiger partial charge on any atom is 0.416 e. The predicted octanol–water partition coefficient (Wildman–Crippen LogP) is 1.38. The second-order valence-electron chi connectivity index (χ2n) is 4.15. The molecule has 20 heavy (non-hydrogen) atoms. The molecular formula is C12H14F3N3O2. The Bertz CT molecular complexity index is 486. The van der Waals surface area contributed by atoms with E-state index in [4.69, 9.17) is 5.73 Å². The van der Waals surface area contributed by atoms with Crippen molar-refractivity contribution in [2.45, 2.75) is 25.7 Å². The Morgan fingerprint density at radius 2 is 1.80 bits per heavy atom. The lowest BCUT2D eigenvalue weighted by Crippen LogP contribution is -2.46. The monoisotopic (exact) mass is 289 g/mol. The molecule has 1 aromatic carbocycles. The summed E-state index contributed by atoms with van der Waals surface area (Å²) in [6.07, 6.45) is -4.37. The van der Waals surface area contributed by atoms with Crippen LogP contribution in [0.1, 0.15) is 18.1 Å². The third-order valence-corrected chi connectivity index (χ3v) is 2.53. The Hall–Kier alpha value is -2.09. The highest BCUT2D eigenvalue weighted by Gasteiger charge is 2.29. The zero-order chi connectivity index (χ0) is 15.3. The van der Waals surface area contributed by atoms with Crippen molar-refractivity contribution >= 4 is 11.9 Å². The third kappa shape index (κ3) is 4.88. The second-order valence-corrected chi connectivity index (χ2v) is 4.15. The zero-order valence-corrected chi connectivity index (χ0v) is 10.6. The van der Waals surface area contributed by atoms with Crippen molar-refractivity contribution in [3.63, 3.8) is 0 Å². The van der Waals surface area contributed by atoms with Gasteiger partial charge in [0.1, 0.15) is 0 Å². The van der Waals surface area contributed by atoms with Crippen molar-refractivity contribution in [1.82, 2.24) is 10.6 Å². The maximum absolute atomic E-state index is 12.3. The molecule has 1 unspecified atom stereocenters. The summed E-state index contributed by atoms with van der Waals surface area (Å²) in [6.45, 7) is 1.69. The minimum Gasteiger partial charge on any atom is -0.351 e. The molecule has 0 bridgehead atoms. The fourth-order valence-corrected chi connectivity index (χ4v) is 1.40. The van der Waals surface area contributed by atoms with Gasteiger partial charge < -0.3 is 11.1 Å². The van der Waals surface area contributed by atoms with Gasteiger partial charge in [-0.2, -0.15) is 13.2 Å². The average Bonchev–Trinajstić information content (AvgIpc) is 2.34. The van der Waals surface area contributed by atoms with Gasteiger partial charge in [-0.1, -0.05) is 12.1 Å². The first-order valence-electron chi connectivity index (χ1n) is 5.70. The first kappa shape index (κ1) is 16.0. The third-order valence-electron chi connectivity index (χ3n) is 2.53. The second kappa shape index (κ2) is 6.38. The molecule has 4 N–H and O–H groups in total. The number of carbonyl (C=O) groups excluding carboxylic acids is 2. The van der Waals surface area contributed by atoms with E-state index < -0.39 is 29.7 Å². The van der Waals surface area contributed by atoms with Crippen LogP contribution in [0.5, 0.6) is 0 Å². The lowest BCUT2D eigenvalue weighted by Gasteiger charge is -2.13. The van der Waals surface area contributed by atoms with E-state index in [1.54, 1.807) is 0 Å². The lowest BCUT2D eigenvalue weighted by molar-refractivity contribution is -0.137. The highest BCUT2D eigenvalue weighted by Crippen LogP contribution is 2.28. The standard InChI is InChI=1S/C12H14F3N3O2/c1-7(10(19)18-11(16)20)17-6-8-2-4-9(5-3-8)12(13,14)15/h2-5,7,17H,6H2,1H3,(H3,16,18,19,20). The number of hydrogen-bond donors (Lipinski definition) is 3. The number of imide groups is 1. The molecule has 3 amide bonds. The number of hydrogen-bond acceptors (Lipinski definition) is 3. The number of rotatable bonds is 4. The van der Waals surface area contributed by atoms with Gasteiger partial charge in [0.2, 0.25) is 5.91 Å². The van der Waals surface area contributed by atoms with Crippen LogP contribution in [0.25, 0.3) is 0 Å². The number of amides is 3. The number of nitrogens with two attached hydrogens (primary N) is 1. The lowest BCUT2D eigenvalue weighted by atomic mass is 10.1. The number of halogens is 3. The summed E-state index contributed by atoms with van der Waals surface area (Å²) in [7, 11) is 0. The SMILES string of the molecule is CC(NCc1ccc(C(F)(F)F)cc1)C(=O)NC(N)=O. The van der Waals surface area contributed by atoms with Crippen molar-refractivity contribution in [2.24, 2.45) is 5.73 Å². The van der Waals surface area contributed by atoms with Gasteiger partial charge in [-0.25, -0.2) is 4.79 Å². The summed E-state index contributed by atoms with van der Waals surface area (Å²) >= 11 is 0. The Morgan fingerprint density at radius 1 is 1.25 bits per heavy atom. The fourth-order valence-electron chi connectivity index (χ4n) is 1.40. The Balaban J connectivity index is 2.54. The van der Waals surface area contributed by atoms with Crippen LogP contribution in [0, 0.1) is 0 Å². The molecular weight excluding hydrogens is 275 g/mol. The molecule has 0 aromatic heterocycles.